The van der Waals surface area contributed by atoms with Crippen LogP contribution in [-0.4, -0.2) is 65.1 Å². The quantitative estimate of drug-likeness (QED) is 0.393. The molecule has 1 unspecified atom stereocenters. The first-order chi connectivity index (χ1) is 16.0. The van der Waals surface area contributed by atoms with Gasteiger partial charge in [0.1, 0.15) is 5.75 Å². The van der Waals surface area contributed by atoms with Gasteiger partial charge < -0.3 is 24.7 Å². The van der Waals surface area contributed by atoms with E-state index < -0.39 is 12.1 Å². The number of allylic oxidation sites excluding steroid dienone is 1. The fourth-order valence-corrected chi connectivity index (χ4v) is 3.89. The number of hydrogen-bond donors (Lipinski definition) is 2. The summed E-state index contributed by atoms with van der Waals surface area (Å²) in [5.74, 6) is -0.890. The molecule has 3 rings (SSSR count). The van der Waals surface area contributed by atoms with Crippen LogP contribution in [0.5, 0.6) is 5.75 Å². The molecule has 2 aliphatic rings. The van der Waals surface area contributed by atoms with Crippen molar-refractivity contribution in [3.63, 3.8) is 0 Å². The summed E-state index contributed by atoms with van der Waals surface area (Å²) in [6.07, 6.45) is 9.97. The number of hydrogen-bond acceptors (Lipinski definition) is 7. The number of phenolic OH excluding ortho intramolecular Hbond substituents is 1. The van der Waals surface area contributed by atoms with Gasteiger partial charge >= 0.3 is 5.97 Å². The molecule has 1 fully saturated rings. The maximum atomic E-state index is 12.6. The monoisotopic (exact) mass is 476 g/mol. The predicted molar refractivity (Wildman–Crippen MR) is 124 cm³/mol. The third kappa shape index (κ3) is 7.33. The highest BCUT2D eigenvalue weighted by molar-refractivity contribution is 6.33. The van der Waals surface area contributed by atoms with Gasteiger partial charge in [-0.05, 0) is 55.9 Å². The van der Waals surface area contributed by atoms with E-state index in [2.05, 4.69) is 5.16 Å². The summed E-state index contributed by atoms with van der Waals surface area (Å²) in [5.41, 5.74) is 0.921. The van der Waals surface area contributed by atoms with Crippen molar-refractivity contribution in [2.45, 2.75) is 44.6 Å². The second-order valence-electron chi connectivity index (χ2n) is 7.96. The van der Waals surface area contributed by atoms with Gasteiger partial charge in [0.2, 0.25) is 0 Å². The van der Waals surface area contributed by atoms with Crippen LogP contribution in [0, 0.1) is 0 Å². The first-order valence-corrected chi connectivity index (χ1v) is 11.5. The topological polar surface area (TPSA) is 109 Å². The highest BCUT2D eigenvalue weighted by Crippen LogP contribution is 2.31. The predicted octanol–water partition coefficient (Wildman–Crippen LogP) is 3.40. The molecule has 1 aromatic carbocycles. The number of halogens is 1. The molecule has 0 saturated carbocycles. The lowest BCUT2D eigenvalue weighted by molar-refractivity contribution is -0.137. The van der Waals surface area contributed by atoms with Gasteiger partial charge in [-0.1, -0.05) is 35.0 Å². The number of benzene rings is 1. The van der Waals surface area contributed by atoms with Crippen LogP contribution < -0.4 is 0 Å². The number of likely N-dealkylation sites (tertiary alicyclic amines) is 1. The van der Waals surface area contributed by atoms with Gasteiger partial charge in [0.25, 0.3) is 5.91 Å². The maximum Gasteiger partial charge on any atom is 0.338 e. The van der Waals surface area contributed by atoms with Crippen molar-refractivity contribution in [2.24, 2.45) is 5.16 Å². The van der Waals surface area contributed by atoms with Crippen LogP contribution >= 0.6 is 11.6 Å². The van der Waals surface area contributed by atoms with Crippen molar-refractivity contribution < 1.29 is 29.4 Å². The molecule has 0 radical (unpaired) electrons. The molecule has 0 bridgehead atoms. The van der Waals surface area contributed by atoms with Crippen LogP contribution in [-0.2, 0) is 20.8 Å². The van der Waals surface area contributed by atoms with Crippen LogP contribution in [0.1, 0.15) is 48.0 Å². The number of amides is 1. The van der Waals surface area contributed by atoms with E-state index in [1.54, 1.807) is 29.2 Å². The van der Waals surface area contributed by atoms with E-state index in [0.29, 0.717) is 37.2 Å². The van der Waals surface area contributed by atoms with E-state index in [4.69, 9.17) is 21.2 Å². The van der Waals surface area contributed by atoms with Gasteiger partial charge in [0.05, 0.1) is 29.0 Å². The Morgan fingerprint density at radius 2 is 2.03 bits per heavy atom. The normalized spacial score (nSPS) is 23.2. The first kappa shape index (κ1) is 24.8. The number of oxime groups is 1. The average molecular weight is 477 g/mol. The molecule has 1 saturated heterocycles. The highest BCUT2D eigenvalue weighted by Gasteiger charge is 2.20. The molecule has 33 heavy (non-hydrogen) atoms. The van der Waals surface area contributed by atoms with Gasteiger partial charge in [-0.2, -0.15) is 0 Å². The lowest BCUT2D eigenvalue weighted by atomic mass is 10.0. The minimum absolute atomic E-state index is 0.0157. The number of ether oxygens (including phenoxy) is 1. The van der Waals surface area contributed by atoms with E-state index in [1.165, 1.54) is 12.1 Å². The molecule has 2 aliphatic heterocycles. The summed E-state index contributed by atoms with van der Waals surface area (Å²) in [7, 11) is 0. The zero-order valence-corrected chi connectivity index (χ0v) is 19.2. The van der Waals surface area contributed by atoms with Crippen LogP contribution in [0.3, 0.4) is 0 Å². The Balaban J connectivity index is 1.83. The molecule has 8 nitrogen and oxygen atoms in total. The smallest absolute Gasteiger partial charge is 0.338 e. The molecule has 2 N–H and O–H groups in total. The zero-order valence-electron chi connectivity index (χ0n) is 18.4. The Morgan fingerprint density at radius 1 is 1.24 bits per heavy atom. The van der Waals surface area contributed by atoms with Crippen molar-refractivity contribution in [3.05, 3.63) is 52.6 Å². The third-order valence-corrected chi connectivity index (χ3v) is 5.86. The number of carbonyl (C=O) groups excluding carboxylic acids is 2. The largest absolute Gasteiger partial charge is 0.506 e. The second-order valence-corrected chi connectivity index (χ2v) is 8.34. The molecule has 1 amide bonds. The molecule has 9 heteroatoms. The van der Waals surface area contributed by atoms with Crippen LogP contribution in [0.2, 0.25) is 5.02 Å². The molecule has 0 aromatic heterocycles. The van der Waals surface area contributed by atoms with Crippen molar-refractivity contribution >= 4 is 29.2 Å². The fourth-order valence-electron chi connectivity index (χ4n) is 3.65. The Bertz CT molecular complexity index is 937. The summed E-state index contributed by atoms with van der Waals surface area (Å²) in [5, 5.41) is 24.3. The van der Waals surface area contributed by atoms with Gasteiger partial charge in [-0.15, -0.1) is 0 Å². The molecule has 1 aromatic rings. The van der Waals surface area contributed by atoms with Gasteiger partial charge in [0, 0.05) is 19.5 Å². The average Bonchev–Trinajstić information content (AvgIpc) is 2.81. The highest BCUT2D eigenvalue weighted by atomic mass is 35.5. The number of esters is 1. The van der Waals surface area contributed by atoms with Crippen molar-refractivity contribution in [2.75, 3.05) is 26.3 Å². The van der Waals surface area contributed by atoms with Crippen LogP contribution in [0.15, 0.2) is 41.6 Å². The number of aliphatic hydroxyl groups excluding tert-OH is 1. The Kier molecular flexibility index (Phi) is 9.33. The van der Waals surface area contributed by atoms with Crippen molar-refractivity contribution in [1.29, 1.82) is 0 Å². The standard InChI is InChI=1S/C24H29ClN2O6/c25-23-20-15-17(26-33-16-22(30)27-12-3-1-4-13-27)7-6-9-18(28)8-2-5-14-32-24(31)19(20)10-11-21(23)29/h2,6-8,10-11,18,28-29H,1,3-5,9,12-16H2/b7-6+,8-2+,26-17-. The first-order valence-electron chi connectivity index (χ1n) is 11.1. The number of aliphatic hydroxyl groups is 1. The number of piperidine rings is 1. The van der Waals surface area contributed by atoms with Gasteiger partial charge in [0.15, 0.2) is 6.61 Å². The maximum absolute atomic E-state index is 12.6. The summed E-state index contributed by atoms with van der Waals surface area (Å²) in [6.45, 7) is 1.37. The number of nitrogens with zero attached hydrogens (tertiary/aromatic N) is 2. The summed E-state index contributed by atoms with van der Waals surface area (Å²) in [4.78, 5) is 32.1. The Labute approximate surface area is 198 Å². The number of cyclic esters (lactones) is 1. The summed E-state index contributed by atoms with van der Waals surface area (Å²) < 4.78 is 5.31. The Hall–Kier alpha value is -2.84. The third-order valence-electron chi connectivity index (χ3n) is 5.44. The number of carbonyl (C=O) groups is 2. The minimum atomic E-state index is -0.706. The van der Waals surface area contributed by atoms with Crippen LogP contribution in [0.4, 0.5) is 0 Å². The SMILES string of the molecule is O=C1OCC/C=C/C(O)C/C=C/C(=N/OCC(=O)N2CCCCC2)Cc2c1ccc(O)c2Cl. The summed E-state index contributed by atoms with van der Waals surface area (Å²) >= 11 is 6.31. The lowest BCUT2D eigenvalue weighted by Gasteiger charge is -2.26. The molecule has 2 heterocycles. The molecular formula is C24H29ClN2O6. The second kappa shape index (κ2) is 12.4. The van der Waals surface area contributed by atoms with E-state index in [9.17, 15) is 19.8 Å². The van der Waals surface area contributed by atoms with Crippen molar-refractivity contribution in [1.82, 2.24) is 4.90 Å². The number of phenols is 1. The summed E-state index contributed by atoms with van der Waals surface area (Å²) in [6, 6.07) is 2.79. The zero-order chi connectivity index (χ0) is 23.6. The fraction of sp³-hybridized carbons (Fsp3) is 0.458. The van der Waals surface area contributed by atoms with E-state index in [0.717, 1.165) is 19.3 Å². The van der Waals surface area contributed by atoms with Gasteiger partial charge in [-0.25, -0.2) is 4.79 Å². The van der Waals surface area contributed by atoms with Crippen molar-refractivity contribution in [3.8, 4) is 5.75 Å². The molecular weight excluding hydrogens is 448 g/mol. The molecule has 178 valence electrons. The number of fused-ring (bicyclic) bond motifs is 1. The molecule has 0 aliphatic carbocycles. The van der Waals surface area contributed by atoms with E-state index >= 15 is 0 Å². The van der Waals surface area contributed by atoms with E-state index in [-0.39, 0.29) is 41.9 Å². The Morgan fingerprint density at radius 3 is 2.82 bits per heavy atom. The lowest BCUT2D eigenvalue weighted by Crippen LogP contribution is -2.37. The number of aromatic hydroxyl groups is 1. The van der Waals surface area contributed by atoms with Gasteiger partial charge in [-0.3, -0.25) is 4.79 Å². The van der Waals surface area contributed by atoms with Crippen LogP contribution in [0.25, 0.3) is 0 Å². The molecule has 1 atom stereocenters. The van der Waals surface area contributed by atoms with E-state index in [1.807, 2.05) is 0 Å². The molecule has 0 spiro atoms. The minimum Gasteiger partial charge on any atom is -0.506 e. The number of rotatable bonds is 3.